The summed E-state index contributed by atoms with van der Waals surface area (Å²) in [7, 11) is 0. The molecular weight excluding hydrogens is 136 g/mol. The fraction of sp³-hybridized carbons (Fsp3) is 1.00. The molecule has 0 unspecified atom stereocenters. The van der Waals surface area contributed by atoms with E-state index < -0.39 is 0 Å². The molecule has 0 saturated heterocycles. The highest BCUT2D eigenvalue weighted by Crippen LogP contribution is 1.91. The molecule has 2 heteroatoms. The summed E-state index contributed by atoms with van der Waals surface area (Å²) in [6.45, 7) is 9.92. The molecule has 0 fully saturated rings. The second-order valence-corrected chi connectivity index (χ2v) is 2.79. The van der Waals surface area contributed by atoms with E-state index in [4.69, 9.17) is 0 Å². The van der Waals surface area contributed by atoms with Gasteiger partial charge in [-0.05, 0) is 6.42 Å². The van der Waals surface area contributed by atoms with Gasteiger partial charge < -0.3 is 0 Å². The van der Waals surface area contributed by atoms with Crippen molar-refractivity contribution < 1.29 is 0 Å². The van der Waals surface area contributed by atoms with Crippen LogP contribution in [-0.2, 0) is 0 Å². The number of rotatable bonds is 7. The van der Waals surface area contributed by atoms with E-state index in [9.17, 15) is 0 Å². The third-order valence-corrected chi connectivity index (χ3v) is 1.88. The predicted molar refractivity (Wildman–Crippen MR) is 50.4 cm³/mol. The maximum Gasteiger partial charge on any atom is 0.0102 e. The number of nitrogens with one attached hydrogen (secondary N) is 1. The van der Waals surface area contributed by atoms with Gasteiger partial charge in [-0.3, -0.25) is 5.43 Å². The van der Waals surface area contributed by atoms with E-state index in [2.05, 4.69) is 31.2 Å². The van der Waals surface area contributed by atoms with Crippen molar-refractivity contribution in [3.05, 3.63) is 0 Å². The summed E-state index contributed by atoms with van der Waals surface area (Å²) >= 11 is 0. The summed E-state index contributed by atoms with van der Waals surface area (Å²) in [5.74, 6) is 0. The number of nitrogens with zero attached hydrogens (tertiary/aromatic N) is 1. The van der Waals surface area contributed by atoms with Gasteiger partial charge in [0.1, 0.15) is 0 Å². The monoisotopic (exact) mass is 158 g/mol. The molecule has 0 rings (SSSR count). The lowest BCUT2D eigenvalue weighted by Gasteiger charge is -2.19. The SMILES string of the molecule is CCCCCNN(CC)CC. The van der Waals surface area contributed by atoms with Crippen LogP contribution in [0.2, 0.25) is 0 Å². The first-order valence-corrected chi connectivity index (χ1v) is 4.83. The minimum absolute atomic E-state index is 1.10. The summed E-state index contributed by atoms with van der Waals surface area (Å²) in [5.41, 5.74) is 3.39. The summed E-state index contributed by atoms with van der Waals surface area (Å²) in [5, 5.41) is 2.25. The highest BCUT2D eigenvalue weighted by molar-refractivity contribution is 4.46. The van der Waals surface area contributed by atoms with Crippen molar-refractivity contribution in [2.75, 3.05) is 19.6 Å². The molecule has 0 aromatic carbocycles. The van der Waals surface area contributed by atoms with Crippen molar-refractivity contribution >= 4 is 0 Å². The van der Waals surface area contributed by atoms with Gasteiger partial charge in [0.15, 0.2) is 0 Å². The van der Waals surface area contributed by atoms with Crippen molar-refractivity contribution in [3.63, 3.8) is 0 Å². The van der Waals surface area contributed by atoms with Crippen LogP contribution >= 0.6 is 0 Å². The standard InChI is InChI=1S/C9H22N2/c1-4-7-8-9-10-11(5-2)6-3/h10H,4-9H2,1-3H3. The molecule has 0 aliphatic rings. The number of hydrogen-bond donors (Lipinski definition) is 1. The van der Waals surface area contributed by atoms with E-state index in [-0.39, 0.29) is 0 Å². The van der Waals surface area contributed by atoms with Crippen LogP contribution in [0.4, 0.5) is 0 Å². The number of hydrazine groups is 1. The highest BCUT2D eigenvalue weighted by Gasteiger charge is 1.94. The second-order valence-electron chi connectivity index (χ2n) is 2.79. The Kier molecular flexibility index (Phi) is 7.96. The van der Waals surface area contributed by atoms with Gasteiger partial charge >= 0.3 is 0 Å². The lowest BCUT2D eigenvalue weighted by molar-refractivity contribution is 0.207. The lowest BCUT2D eigenvalue weighted by Crippen LogP contribution is -2.38. The van der Waals surface area contributed by atoms with Crippen molar-refractivity contribution in [2.24, 2.45) is 0 Å². The van der Waals surface area contributed by atoms with Crippen LogP contribution < -0.4 is 5.43 Å². The molecule has 11 heavy (non-hydrogen) atoms. The molecule has 2 nitrogen and oxygen atoms in total. The molecular formula is C9H22N2. The molecule has 68 valence electrons. The molecule has 0 spiro atoms. The molecule has 0 atom stereocenters. The van der Waals surface area contributed by atoms with Crippen LogP contribution in [0.15, 0.2) is 0 Å². The summed E-state index contributed by atoms with van der Waals surface area (Å²) in [6.07, 6.45) is 3.95. The summed E-state index contributed by atoms with van der Waals surface area (Å²) in [4.78, 5) is 0. The molecule has 0 bridgehead atoms. The minimum Gasteiger partial charge on any atom is -0.255 e. The maximum atomic E-state index is 3.39. The zero-order chi connectivity index (χ0) is 8.53. The zero-order valence-electron chi connectivity index (χ0n) is 8.19. The smallest absolute Gasteiger partial charge is 0.0102 e. The van der Waals surface area contributed by atoms with Crippen LogP contribution in [0.1, 0.15) is 40.0 Å². The molecule has 0 aromatic rings. The van der Waals surface area contributed by atoms with Crippen LogP contribution in [0, 0.1) is 0 Å². The van der Waals surface area contributed by atoms with E-state index >= 15 is 0 Å². The van der Waals surface area contributed by atoms with E-state index in [1.54, 1.807) is 0 Å². The summed E-state index contributed by atoms with van der Waals surface area (Å²) in [6, 6.07) is 0. The first-order valence-electron chi connectivity index (χ1n) is 4.83. The quantitative estimate of drug-likeness (QED) is 0.450. The van der Waals surface area contributed by atoms with Crippen LogP contribution in [0.5, 0.6) is 0 Å². The zero-order valence-corrected chi connectivity index (χ0v) is 8.19. The molecule has 0 amide bonds. The fourth-order valence-corrected chi connectivity index (χ4v) is 1.06. The largest absolute Gasteiger partial charge is 0.255 e. The van der Waals surface area contributed by atoms with Gasteiger partial charge in [-0.25, -0.2) is 5.01 Å². The predicted octanol–water partition coefficient (Wildman–Crippen LogP) is 2.02. The molecule has 1 N–H and O–H groups in total. The molecule has 0 heterocycles. The number of unbranched alkanes of at least 4 members (excludes halogenated alkanes) is 2. The Labute approximate surface area is 70.9 Å². The van der Waals surface area contributed by atoms with Gasteiger partial charge in [-0.2, -0.15) is 0 Å². The van der Waals surface area contributed by atoms with E-state index in [0.717, 1.165) is 19.6 Å². The lowest BCUT2D eigenvalue weighted by atomic mass is 10.2. The van der Waals surface area contributed by atoms with Gasteiger partial charge in [-0.1, -0.05) is 33.6 Å². The van der Waals surface area contributed by atoms with Gasteiger partial charge in [-0.15, -0.1) is 0 Å². The van der Waals surface area contributed by atoms with Crippen molar-refractivity contribution in [3.8, 4) is 0 Å². The van der Waals surface area contributed by atoms with Gasteiger partial charge in [0.2, 0.25) is 0 Å². The molecule has 0 aromatic heterocycles. The van der Waals surface area contributed by atoms with E-state index in [0.29, 0.717) is 0 Å². The third-order valence-electron chi connectivity index (χ3n) is 1.88. The molecule has 0 aliphatic carbocycles. The van der Waals surface area contributed by atoms with Crippen LogP contribution in [-0.4, -0.2) is 24.6 Å². The molecule has 0 radical (unpaired) electrons. The molecule has 0 aliphatic heterocycles. The van der Waals surface area contributed by atoms with Gasteiger partial charge in [0.05, 0.1) is 0 Å². The summed E-state index contributed by atoms with van der Waals surface area (Å²) < 4.78 is 0. The fourth-order valence-electron chi connectivity index (χ4n) is 1.06. The first-order chi connectivity index (χ1) is 5.35. The van der Waals surface area contributed by atoms with Crippen LogP contribution in [0.25, 0.3) is 0 Å². The third kappa shape index (κ3) is 6.32. The Balaban J connectivity index is 3.07. The van der Waals surface area contributed by atoms with Crippen molar-refractivity contribution in [1.29, 1.82) is 0 Å². The molecule has 0 saturated carbocycles. The number of hydrogen-bond acceptors (Lipinski definition) is 2. The Hall–Kier alpha value is -0.0800. The average Bonchev–Trinajstić information content (AvgIpc) is 2.05. The van der Waals surface area contributed by atoms with Crippen LogP contribution in [0.3, 0.4) is 0 Å². The minimum atomic E-state index is 1.10. The van der Waals surface area contributed by atoms with Crippen molar-refractivity contribution in [1.82, 2.24) is 10.4 Å². The highest BCUT2D eigenvalue weighted by atomic mass is 15.5. The first kappa shape index (κ1) is 10.9. The second kappa shape index (κ2) is 8.02. The van der Waals surface area contributed by atoms with Crippen molar-refractivity contribution in [2.45, 2.75) is 40.0 Å². The topological polar surface area (TPSA) is 15.3 Å². The Morgan fingerprint density at radius 1 is 1.00 bits per heavy atom. The maximum absolute atomic E-state index is 3.39. The van der Waals surface area contributed by atoms with E-state index in [1.165, 1.54) is 19.3 Å². The Morgan fingerprint density at radius 2 is 1.64 bits per heavy atom. The Morgan fingerprint density at radius 3 is 2.09 bits per heavy atom. The van der Waals surface area contributed by atoms with Gasteiger partial charge in [0.25, 0.3) is 0 Å². The Bertz CT molecular complexity index is 70.0. The average molecular weight is 158 g/mol. The van der Waals surface area contributed by atoms with E-state index in [1.807, 2.05) is 0 Å². The van der Waals surface area contributed by atoms with Gasteiger partial charge in [0, 0.05) is 19.6 Å². The normalized spacial score (nSPS) is 10.9.